The van der Waals surface area contributed by atoms with Gasteiger partial charge in [0, 0.05) is 47.1 Å². The summed E-state index contributed by atoms with van der Waals surface area (Å²) < 4.78 is 11.0. The first kappa shape index (κ1) is 31.3. The third-order valence-electron chi connectivity index (χ3n) is 6.18. The lowest BCUT2D eigenvalue weighted by atomic mass is 9.93. The highest BCUT2D eigenvalue weighted by molar-refractivity contribution is 6.30. The number of fused-ring (bicyclic) bond motifs is 1. The molecule has 1 fully saturated rings. The minimum atomic E-state index is -1.55. The Bertz CT molecular complexity index is 1440. The van der Waals surface area contributed by atoms with Crippen LogP contribution in [-0.4, -0.2) is 82.5 Å². The number of H-pyrrole nitrogens is 1. The highest BCUT2D eigenvalue weighted by Gasteiger charge is 2.48. The first-order valence-corrected chi connectivity index (χ1v) is 13.1. The van der Waals surface area contributed by atoms with Crippen LogP contribution in [0.15, 0.2) is 59.4 Å². The first-order chi connectivity index (χ1) is 19.6. The number of carbonyl (C=O) groups excluding carboxylic acids is 2. The molecule has 1 aliphatic rings. The van der Waals surface area contributed by atoms with E-state index in [4.69, 9.17) is 31.3 Å². The van der Waals surface area contributed by atoms with Crippen LogP contribution in [0.3, 0.4) is 0 Å². The van der Waals surface area contributed by atoms with Gasteiger partial charge in [0.15, 0.2) is 5.66 Å². The number of carboxylic acid groups (broad SMARTS) is 2. The summed E-state index contributed by atoms with van der Waals surface area (Å²) in [4.78, 5) is 62.9. The fourth-order valence-electron chi connectivity index (χ4n) is 4.37. The fourth-order valence-corrected chi connectivity index (χ4v) is 4.50. The van der Waals surface area contributed by atoms with Gasteiger partial charge in [0.1, 0.15) is 6.42 Å². The second-order valence-corrected chi connectivity index (χ2v) is 9.42. The topological polar surface area (TPSA) is 175 Å². The van der Waals surface area contributed by atoms with E-state index in [1.807, 2.05) is 23.1 Å². The van der Waals surface area contributed by atoms with Crippen molar-refractivity contribution in [1.29, 1.82) is 0 Å². The molecule has 0 bridgehead atoms. The van der Waals surface area contributed by atoms with Gasteiger partial charge in [-0.2, -0.15) is 0 Å². The Balaban J connectivity index is 0.000000587. The van der Waals surface area contributed by atoms with Crippen molar-refractivity contribution in [3.63, 3.8) is 0 Å². The summed E-state index contributed by atoms with van der Waals surface area (Å²) in [5.41, 5.74) is -0.226. The minimum Gasteiger partial charge on any atom is -0.481 e. The summed E-state index contributed by atoms with van der Waals surface area (Å²) in [6, 6.07) is 15.2. The quantitative estimate of drug-likeness (QED) is 0.215. The molecule has 1 amide bonds. The van der Waals surface area contributed by atoms with Crippen molar-refractivity contribution in [2.45, 2.75) is 25.4 Å². The Morgan fingerprint density at radius 2 is 1.68 bits per heavy atom. The number of carbonyl (C=O) groups is 4. The second kappa shape index (κ2) is 14.4. The van der Waals surface area contributed by atoms with Gasteiger partial charge in [0.05, 0.1) is 19.8 Å². The molecule has 1 atom stereocenters. The average molecular weight is 588 g/mol. The highest BCUT2D eigenvalue weighted by atomic mass is 35.5. The zero-order valence-corrected chi connectivity index (χ0v) is 23.0. The summed E-state index contributed by atoms with van der Waals surface area (Å²) in [5.74, 6) is -3.67. The molecule has 1 saturated heterocycles. The van der Waals surface area contributed by atoms with E-state index in [9.17, 15) is 24.0 Å². The molecule has 218 valence electrons. The van der Waals surface area contributed by atoms with Gasteiger partial charge in [-0.3, -0.25) is 24.1 Å². The van der Waals surface area contributed by atoms with Crippen molar-refractivity contribution < 1.29 is 38.9 Å². The molecule has 4 N–H and O–H groups in total. The van der Waals surface area contributed by atoms with Crippen LogP contribution in [0.5, 0.6) is 0 Å². The molecule has 1 unspecified atom stereocenters. The summed E-state index contributed by atoms with van der Waals surface area (Å²) in [6.07, 6.45) is -0.768. The molecule has 3 aromatic rings. The van der Waals surface area contributed by atoms with E-state index in [0.717, 1.165) is 5.39 Å². The van der Waals surface area contributed by atoms with Gasteiger partial charge in [-0.1, -0.05) is 29.8 Å². The second-order valence-electron chi connectivity index (χ2n) is 8.99. The molecule has 41 heavy (non-hydrogen) atoms. The number of pyridine rings is 1. The number of halogens is 1. The van der Waals surface area contributed by atoms with Gasteiger partial charge in [0.2, 0.25) is 5.56 Å². The van der Waals surface area contributed by atoms with Crippen LogP contribution in [0.25, 0.3) is 10.9 Å². The van der Waals surface area contributed by atoms with E-state index >= 15 is 0 Å². The molecular weight excluding hydrogens is 558 g/mol. The van der Waals surface area contributed by atoms with Crippen LogP contribution in [0.1, 0.15) is 29.3 Å². The van der Waals surface area contributed by atoms with Crippen LogP contribution in [0.2, 0.25) is 5.02 Å². The molecule has 12 nitrogen and oxygen atoms in total. The van der Waals surface area contributed by atoms with Crippen molar-refractivity contribution in [3.8, 4) is 0 Å². The van der Waals surface area contributed by atoms with Crippen LogP contribution in [0.4, 0.5) is 0 Å². The Morgan fingerprint density at radius 1 is 1.05 bits per heavy atom. The number of rotatable bonds is 9. The van der Waals surface area contributed by atoms with E-state index in [1.165, 1.54) is 6.07 Å². The standard InChI is InChI=1S/C25H26ClN3O5.C3H4O4/c1-2-34-24(32)25(29-11-13-33-14-12-29,28-23(31)17-7-9-19(26)10-8-17)16-18-15-22(30)27-21-6-4-3-5-20(18)21;4-2(5)1-3(6)7/h3-10,15H,2,11-14,16H2,1H3,(H,27,30)(H,28,31);1H2,(H,4,5)(H,6,7). The zero-order valence-electron chi connectivity index (χ0n) is 22.2. The smallest absolute Gasteiger partial charge is 0.347 e. The van der Waals surface area contributed by atoms with Gasteiger partial charge in [-0.05, 0) is 42.8 Å². The number of nitrogens with zero attached hydrogens (tertiary/aromatic N) is 1. The number of hydrogen-bond donors (Lipinski definition) is 4. The predicted molar refractivity (Wildman–Crippen MR) is 149 cm³/mol. The maximum atomic E-state index is 13.6. The lowest BCUT2D eigenvalue weighted by molar-refractivity contribution is -0.163. The summed E-state index contributed by atoms with van der Waals surface area (Å²) >= 11 is 5.98. The number of amides is 1. The van der Waals surface area contributed by atoms with E-state index in [1.54, 1.807) is 37.3 Å². The Hall–Kier alpha value is -4.26. The summed E-state index contributed by atoms with van der Waals surface area (Å²) in [5, 5.41) is 19.6. The fraction of sp³-hybridized carbons (Fsp3) is 0.321. The van der Waals surface area contributed by atoms with Gasteiger partial charge in [0.25, 0.3) is 5.91 Å². The molecule has 4 rings (SSSR count). The predicted octanol–water partition coefficient (Wildman–Crippen LogP) is 2.29. The largest absolute Gasteiger partial charge is 0.481 e. The van der Waals surface area contributed by atoms with Gasteiger partial charge >= 0.3 is 17.9 Å². The maximum absolute atomic E-state index is 13.6. The summed E-state index contributed by atoms with van der Waals surface area (Å²) in [6.45, 7) is 3.45. The number of benzene rings is 2. The number of aromatic amines is 1. The molecule has 0 spiro atoms. The van der Waals surface area contributed by atoms with Crippen molar-refractivity contribution in [3.05, 3.63) is 81.1 Å². The molecule has 2 aromatic carbocycles. The molecule has 1 aliphatic heterocycles. The first-order valence-electron chi connectivity index (χ1n) is 12.7. The SMILES string of the molecule is CCOC(=O)C(Cc1cc(=O)[nH]c2ccccc12)(NC(=O)c1ccc(Cl)cc1)N1CCOCC1.O=C(O)CC(=O)O. The number of para-hydroxylation sites is 1. The normalized spacial score (nSPS) is 14.7. The maximum Gasteiger partial charge on any atom is 0.347 e. The Labute approximate surface area is 239 Å². The number of morpholine rings is 1. The number of nitrogens with one attached hydrogen (secondary N) is 2. The van der Waals surface area contributed by atoms with Crippen molar-refractivity contribution >= 4 is 46.3 Å². The number of aliphatic carboxylic acids is 2. The van der Waals surface area contributed by atoms with E-state index in [-0.39, 0.29) is 18.6 Å². The third kappa shape index (κ3) is 8.37. The Kier molecular flexibility index (Phi) is 11.0. The van der Waals surface area contributed by atoms with Crippen LogP contribution in [-0.2, 0) is 30.3 Å². The zero-order chi connectivity index (χ0) is 30.0. The minimum absolute atomic E-state index is 0.0373. The number of esters is 1. The molecular formula is C28H30ClN3O9. The van der Waals surface area contributed by atoms with Crippen LogP contribution < -0.4 is 10.9 Å². The number of aromatic nitrogens is 1. The van der Waals surface area contributed by atoms with Gasteiger partial charge in [-0.15, -0.1) is 0 Å². The van der Waals surface area contributed by atoms with Gasteiger partial charge in [-0.25, -0.2) is 4.79 Å². The van der Waals surface area contributed by atoms with E-state index in [2.05, 4.69) is 10.3 Å². The van der Waals surface area contributed by atoms with Crippen LogP contribution >= 0.6 is 11.6 Å². The lowest BCUT2D eigenvalue weighted by Gasteiger charge is -2.44. The third-order valence-corrected chi connectivity index (χ3v) is 6.43. The van der Waals surface area contributed by atoms with Crippen molar-refractivity contribution in [2.24, 2.45) is 0 Å². The van der Waals surface area contributed by atoms with E-state index in [0.29, 0.717) is 48.0 Å². The molecule has 2 heterocycles. The Morgan fingerprint density at radius 3 is 2.27 bits per heavy atom. The van der Waals surface area contributed by atoms with Crippen molar-refractivity contribution in [1.82, 2.24) is 15.2 Å². The highest BCUT2D eigenvalue weighted by Crippen LogP contribution is 2.26. The van der Waals surface area contributed by atoms with Crippen molar-refractivity contribution in [2.75, 3.05) is 32.9 Å². The average Bonchev–Trinajstić information content (AvgIpc) is 2.93. The lowest BCUT2D eigenvalue weighted by Crippen LogP contribution is -2.69. The molecule has 0 radical (unpaired) electrons. The summed E-state index contributed by atoms with van der Waals surface area (Å²) in [7, 11) is 0. The molecule has 0 aliphatic carbocycles. The molecule has 0 saturated carbocycles. The molecule has 1 aromatic heterocycles. The molecule has 13 heteroatoms. The van der Waals surface area contributed by atoms with Crippen LogP contribution in [0, 0.1) is 0 Å². The number of ether oxygens (including phenoxy) is 2. The van der Waals surface area contributed by atoms with E-state index < -0.39 is 35.9 Å². The monoisotopic (exact) mass is 587 g/mol. The number of carboxylic acids is 2. The van der Waals surface area contributed by atoms with Gasteiger partial charge < -0.3 is 30.0 Å². The number of hydrogen-bond acceptors (Lipinski definition) is 8.